The number of hydrogen-bond donors (Lipinski definition) is 0. The van der Waals surface area contributed by atoms with Crippen molar-refractivity contribution in [2.75, 3.05) is 13.7 Å². The molecular weight excluding hydrogens is 282 g/mol. The second kappa shape index (κ2) is 10.9. The Kier molecular flexibility index (Phi) is 9.03. The highest BCUT2D eigenvalue weighted by atomic mass is 16.6. The third-order valence-electron chi connectivity index (χ3n) is 3.61. The first kappa shape index (κ1) is 18.3. The molecule has 0 saturated heterocycles. The van der Waals surface area contributed by atoms with Crippen LogP contribution in [0.5, 0.6) is 11.5 Å². The number of hydrogen-bond acceptors (Lipinski definition) is 4. The van der Waals surface area contributed by atoms with Gasteiger partial charge in [0.25, 0.3) is 5.69 Å². The van der Waals surface area contributed by atoms with Crippen molar-refractivity contribution in [2.45, 2.75) is 58.3 Å². The quantitative estimate of drug-likeness (QED) is 0.305. The summed E-state index contributed by atoms with van der Waals surface area (Å²) >= 11 is 0. The molecule has 5 heteroatoms. The Morgan fingerprint density at radius 3 is 2.23 bits per heavy atom. The molecule has 0 bridgehead atoms. The van der Waals surface area contributed by atoms with Crippen molar-refractivity contribution >= 4 is 5.69 Å². The molecular formula is C17H27NO4. The number of unbranched alkanes of at least 4 members (excludes halogenated alkanes) is 7. The van der Waals surface area contributed by atoms with Gasteiger partial charge in [0.15, 0.2) is 11.5 Å². The van der Waals surface area contributed by atoms with E-state index >= 15 is 0 Å². The van der Waals surface area contributed by atoms with Gasteiger partial charge in [0.1, 0.15) is 0 Å². The van der Waals surface area contributed by atoms with E-state index in [1.807, 2.05) is 0 Å². The maximum Gasteiger partial charge on any atom is 0.273 e. The van der Waals surface area contributed by atoms with Crippen molar-refractivity contribution in [1.29, 1.82) is 0 Å². The second-order valence-corrected chi connectivity index (χ2v) is 5.42. The van der Waals surface area contributed by atoms with Crippen LogP contribution in [0.2, 0.25) is 0 Å². The van der Waals surface area contributed by atoms with Crippen LogP contribution in [0.25, 0.3) is 0 Å². The van der Waals surface area contributed by atoms with E-state index in [1.54, 1.807) is 6.07 Å². The first-order valence-corrected chi connectivity index (χ1v) is 8.14. The number of methoxy groups -OCH3 is 1. The number of nitro groups is 1. The predicted molar refractivity (Wildman–Crippen MR) is 87.8 cm³/mol. The van der Waals surface area contributed by atoms with Gasteiger partial charge in [0, 0.05) is 6.07 Å². The first-order chi connectivity index (χ1) is 10.7. The van der Waals surface area contributed by atoms with Crippen LogP contribution in [0.1, 0.15) is 58.3 Å². The van der Waals surface area contributed by atoms with Crippen molar-refractivity contribution in [2.24, 2.45) is 0 Å². The molecule has 1 aromatic carbocycles. The minimum Gasteiger partial charge on any atom is -0.493 e. The van der Waals surface area contributed by atoms with E-state index in [0.717, 1.165) is 12.8 Å². The van der Waals surface area contributed by atoms with Crippen molar-refractivity contribution < 1.29 is 14.4 Å². The molecule has 0 radical (unpaired) electrons. The van der Waals surface area contributed by atoms with Gasteiger partial charge in [-0.25, -0.2) is 0 Å². The van der Waals surface area contributed by atoms with Gasteiger partial charge in [-0.1, -0.05) is 51.9 Å². The molecule has 0 aliphatic heterocycles. The van der Waals surface area contributed by atoms with Gasteiger partial charge in [0.2, 0.25) is 0 Å². The second-order valence-electron chi connectivity index (χ2n) is 5.42. The van der Waals surface area contributed by atoms with Gasteiger partial charge in [-0.2, -0.15) is 0 Å². The van der Waals surface area contributed by atoms with Crippen LogP contribution in [0.4, 0.5) is 5.69 Å². The lowest BCUT2D eigenvalue weighted by molar-refractivity contribution is -0.384. The van der Waals surface area contributed by atoms with Crippen LogP contribution >= 0.6 is 0 Å². The van der Waals surface area contributed by atoms with E-state index in [4.69, 9.17) is 9.47 Å². The molecule has 22 heavy (non-hydrogen) atoms. The molecule has 0 aliphatic rings. The van der Waals surface area contributed by atoms with E-state index in [1.165, 1.54) is 57.8 Å². The summed E-state index contributed by atoms with van der Waals surface area (Å²) in [5.41, 5.74) is 0.0104. The Labute approximate surface area is 132 Å². The molecule has 0 saturated carbocycles. The molecule has 0 N–H and O–H groups in total. The number of nitrogens with zero attached hydrogens (tertiary/aromatic N) is 1. The molecule has 0 amide bonds. The highest BCUT2D eigenvalue weighted by Crippen LogP contribution is 2.31. The largest absolute Gasteiger partial charge is 0.493 e. The average molecular weight is 309 g/mol. The minimum absolute atomic E-state index is 0.0104. The molecule has 0 atom stereocenters. The van der Waals surface area contributed by atoms with Gasteiger partial charge >= 0.3 is 0 Å². The molecule has 0 aliphatic carbocycles. The summed E-state index contributed by atoms with van der Waals surface area (Å²) in [5.74, 6) is 0.977. The molecule has 1 aromatic rings. The zero-order valence-corrected chi connectivity index (χ0v) is 13.7. The van der Waals surface area contributed by atoms with Crippen LogP contribution in [0.15, 0.2) is 18.2 Å². The van der Waals surface area contributed by atoms with Crippen molar-refractivity contribution in [3.05, 3.63) is 28.3 Å². The van der Waals surface area contributed by atoms with E-state index in [0.29, 0.717) is 18.1 Å². The summed E-state index contributed by atoms with van der Waals surface area (Å²) in [7, 11) is 1.49. The lowest BCUT2D eigenvalue weighted by Crippen LogP contribution is -2.00. The van der Waals surface area contributed by atoms with Crippen molar-refractivity contribution in [3.63, 3.8) is 0 Å². The lowest BCUT2D eigenvalue weighted by atomic mass is 10.1. The van der Waals surface area contributed by atoms with Crippen LogP contribution < -0.4 is 9.47 Å². The summed E-state index contributed by atoms with van der Waals surface area (Å²) in [6.07, 6.45) is 9.96. The van der Waals surface area contributed by atoms with E-state index < -0.39 is 4.92 Å². The van der Waals surface area contributed by atoms with E-state index in [-0.39, 0.29) is 5.69 Å². The molecule has 0 aromatic heterocycles. The third-order valence-corrected chi connectivity index (χ3v) is 3.61. The van der Waals surface area contributed by atoms with Gasteiger partial charge in [-0.05, 0) is 12.5 Å². The Hall–Kier alpha value is -1.78. The normalized spacial score (nSPS) is 10.5. The fraction of sp³-hybridized carbons (Fsp3) is 0.647. The summed E-state index contributed by atoms with van der Waals surface area (Å²) in [6.45, 7) is 2.84. The average Bonchev–Trinajstić information content (AvgIpc) is 2.53. The maximum atomic E-state index is 10.7. The maximum absolute atomic E-state index is 10.7. The monoisotopic (exact) mass is 309 g/mol. The highest BCUT2D eigenvalue weighted by molar-refractivity contribution is 5.48. The predicted octanol–water partition coefficient (Wildman–Crippen LogP) is 5.12. The fourth-order valence-corrected chi connectivity index (χ4v) is 2.31. The lowest BCUT2D eigenvalue weighted by Gasteiger charge is -2.10. The first-order valence-electron chi connectivity index (χ1n) is 8.14. The Bertz CT molecular complexity index is 448. The zero-order valence-electron chi connectivity index (χ0n) is 13.7. The van der Waals surface area contributed by atoms with Crippen molar-refractivity contribution in [3.8, 4) is 11.5 Å². The smallest absolute Gasteiger partial charge is 0.273 e. The number of benzene rings is 1. The Morgan fingerprint density at radius 2 is 1.64 bits per heavy atom. The van der Waals surface area contributed by atoms with Gasteiger partial charge in [-0.15, -0.1) is 0 Å². The summed E-state index contributed by atoms with van der Waals surface area (Å²) in [5, 5.41) is 10.7. The van der Waals surface area contributed by atoms with E-state index in [2.05, 4.69) is 6.92 Å². The third kappa shape index (κ3) is 6.78. The Balaban J connectivity index is 2.23. The minimum atomic E-state index is -0.440. The van der Waals surface area contributed by atoms with Gasteiger partial charge in [-0.3, -0.25) is 10.1 Å². The van der Waals surface area contributed by atoms with Crippen LogP contribution in [0.3, 0.4) is 0 Å². The number of non-ortho nitro benzene ring substituents is 1. The Morgan fingerprint density at radius 1 is 1.00 bits per heavy atom. The molecule has 0 heterocycles. The molecule has 0 spiro atoms. The summed E-state index contributed by atoms with van der Waals surface area (Å²) in [4.78, 5) is 10.3. The van der Waals surface area contributed by atoms with Crippen molar-refractivity contribution in [1.82, 2.24) is 0 Å². The fourth-order valence-electron chi connectivity index (χ4n) is 2.31. The number of nitro benzene ring substituents is 1. The van der Waals surface area contributed by atoms with Crippen LogP contribution in [-0.2, 0) is 0 Å². The van der Waals surface area contributed by atoms with Crippen LogP contribution in [0, 0.1) is 10.1 Å². The van der Waals surface area contributed by atoms with Gasteiger partial charge in [0.05, 0.1) is 24.7 Å². The van der Waals surface area contributed by atoms with E-state index in [9.17, 15) is 10.1 Å². The summed E-state index contributed by atoms with van der Waals surface area (Å²) < 4.78 is 10.8. The standard InChI is InChI=1S/C17H27NO4/c1-3-4-5-6-7-8-9-10-13-22-16-12-11-15(18(19)20)14-17(16)21-2/h11-12,14H,3-10,13H2,1-2H3. The topological polar surface area (TPSA) is 61.6 Å². The van der Waals surface area contributed by atoms with Crippen LogP contribution in [-0.4, -0.2) is 18.6 Å². The number of ether oxygens (including phenoxy) is 2. The molecule has 0 unspecified atom stereocenters. The molecule has 0 fully saturated rings. The SMILES string of the molecule is CCCCCCCCCCOc1ccc([N+](=O)[O-])cc1OC. The zero-order chi connectivity index (χ0) is 16.2. The molecule has 5 nitrogen and oxygen atoms in total. The van der Waals surface area contributed by atoms with Gasteiger partial charge < -0.3 is 9.47 Å². The summed E-state index contributed by atoms with van der Waals surface area (Å²) in [6, 6.07) is 4.43. The molecule has 124 valence electrons. The molecule has 1 rings (SSSR count). The number of rotatable bonds is 12. The highest BCUT2D eigenvalue weighted by Gasteiger charge is 2.12.